The molecule has 2 amide bonds. The van der Waals surface area contributed by atoms with Crippen molar-refractivity contribution in [2.45, 2.75) is 30.7 Å². The van der Waals surface area contributed by atoms with Crippen molar-refractivity contribution in [3.8, 4) is 0 Å². The van der Waals surface area contributed by atoms with E-state index in [0.717, 1.165) is 5.56 Å². The normalized spacial score (nSPS) is 16.9. The number of esters is 1. The van der Waals surface area contributed by atoms with E-state index in [0.29, 0.717) is 17.2 Å². The number of carbonyl (C=O) groups is 3. The summed E-state index contributed by atoms with van der Waals surface area (Å²) in [6, 6.07) is 6.26. The first kappa shape index (κ1) is 26.2. The standard InChI is InChI=1S/C19H25ClN6O6S/c1-32-18(29)14(3-2-9-22-19(21)24-26(30)31)23-15(27)8-10-25-16(28)11-33-17(25)12-4-6-13(20)7-5-12/h4-7,14,17H,2-3,8-11H2,1H3,(H,23,27)(H3,21,22,24)/t14-,17?/m0/s1. The Bertz CT molecular complexity index is 899. The van der Waals surface area contributed by atoms with E-state index in [1.807, 2.05) is 12.1 Å². The number of guanidine groups is 1. The number of methoxy groups -OCH3 is 1. The van der Waals surface area contributed by atoms with Crippen LogP contribution in [0.5, 0.6) is 0 Å². The molecule has 1 aromatic carbocycles. The maximum Gasteiger partial charge on any atom is 0.328 e. The lowest BCUT2D eigenvalue weighted by molar-refractivity contribution is -0.525. The van der Waals surface area contributed by atoms with Gasteiger partial charge in [-0.2, -0.15) is 0 Å². The van der Waals surface area contributed by atoms with Crippen LogP contribution in [0.2, 0.25) is 5.02 Å². The van der Waals surface area contributed by atoms with Gasteiger partial charge in [0.15, 0.2) is 5.03 Å². The highest BCUT2D eigenvalue weighted by Gasteiger charge is 2.33. The number of thioether (sulfide) groups is 1. The van der Waals surface area contributed by atoms with Crippen molar-refractivity contribution in [1.29, 1.82) is 0 Å². The molecule has 14 heteroatoms. The lowest BCUT2D eigenvalue weighted by Gasteiger charge is -2.24. The maximum absolute atomic E-state index is 12.5. The van der Waals surface area contributed by atoms with Crippen LogP contribution in [0.3, 0.4) is 0 Å². The Balaban J connectivity index is 1.88. The summed E-state index contributed by atoms with van der Waals surface area (Å²) in [6.07, 6.45) is 0.515. The highest BCUT2D eigenvalue weighted by atomic mass is 35.5. The SMILES string of the molecule is COC(=O)[C@H](CCCN=C(N)N[N+](=O)[O-])NC(=O)CCN1C(=O)CSC1c1ccc(Cl)cc1. The molecular formula is C19H25ClN6O6S. The number of ether oxygens (including phenoxy) is 1. The second kappa shape index (κ2) is 12.8. The zero-order valence-electron chi connectivity index (χ0n) is 17.9. The van der Waals surface area contributed by atoms with Crippen LogP contribution in [-0.4, -0.2) is 65.7 Å². The Morgan fingerprint density at radius 2 is 2.12 bits per heavy atom. The van der Waals surface area contributed by atoms with Crippen LogP contribution in [0.25, 0.3) is 0 Å². The fourth-order valence-electron chi connectivity index (χ4n) is 3.10. The maximum atomic E-state index is 12.5. The zero-order chi connectivity index (χ0) is 24.4. The third-order valence-electron chi connectivity index (χ3n) is 4.66. The van der Waals surface area contributed by atoms with Crippen molar-refractivity contribution in [2.75, 3.05) is 26.0 Å². The monoisotopic (exact) mass is 500 g/mol. The minimum Gasteiger partial charge on any atom is -0.467 e. The molecule has 0 aliphatic carbocycles. The van der Waals surface area contributed by atoms with Crippen molar-refractivity contribution in [2.24, 2.45) is 10.7 Å². The summed E-state index contributed by atoms with van der Waals surface area (Å²) < 4.78 is 4.73. The summed E-state index contributed by atoms with van der Waals surface area (Å²) in [5.74, 6) is -1.16. The van der Waals surface area contributed by atoms with Gasteiger partial charge in [-0.25, -0.2) is 19.9 Å². The molecule has 2 rings (SSSR count). The number of amides is 2. The van der Waals surface area contributed by atoms with Crippen molar-refractivity contribution in [3.05, 3.63) is 45.0 Å². The number of nitro groups is 1. The first-order valence-electron chi connectivity index (χ1n) is 9.96. The fourth-order valence-corrected chi connectivity index (χ4v) is 4.45. The third-order valence-corrected chi connectivity index (χ3v) is 6.17. The minimum atomic E-state index is -0.918. The Hall–Kier alpha value is -3.06. The van der Waals surface area contributed by atoms with Crippen LogP contribution in [0.15, 0.2) is 29.3 Å². The van der Waals surface area contributed by atoms with E-state index in [4.69, 9.17) is 22.1 Å². The lowest BCUT2D eigenvalue weighted by atomic mass is 10.1. The quantitative estimate of drug-likeness (QED) is 0.0994. The topological polar surface area (TPSA) is 169 Å². The molecule has 1 saturated heterocycles. The first-order chi connectivity index (χ1) is 15.7. The van der Waals surface area contributed by atoms with E-state index < -0.39 is 23.0 Å². The molecule has 0 saturated carbocycles. The van der Waals surface area contributed by atoms with Crippen LogP contribution >= 0.6 is 23.4 Å². The Labute approximate surface area is 199 Å². The number of halogens is 1. The molecule has 1 fully saturated rings. The number of rotatable bonds is 11. The van der Waals surface area contributed by atoms with E-state index in [-0.39, 0.29) is 43.2 Å². The molecule has 1 aliphatic heterocycles. The van der Waals surface area contributed by atoms with Gasteiger partial charge in [-0.15, -0.1) is 11.8 Å². The molecule has 4 N–H and O–H groups in total. The highest BCUT2D eigenvalue weighted by Crippen LogP contribution is 2.38. The molecule has 1 aliphatic rings. The number of nitrogens with two attached hydrogens (primary N) is 1. The summed E-state index contributed by atoms with van der Waals surface area (Å²) in [4.78, 5) is 52.5. The van der Waals surface area contributed by atoms with Gasteiger partial charge in [-0.05, 0) is 30.5 Å². The average Bonchev–Trinajstić information content (AvgIpc) is 3.14. The molecular weight excluding hydrogens is 476 g/mol. The Kier molecular flexibility index (Phi) is 10.2. The van der Waals surface area contributed by atoms with Gasteiger partial charge in [-0.3, -0.25) is 9.59 Å². The largest absolute Gasteiger partial charge is 0.467 e. The van der Waals surface area contributed by atoms with Gasteiger partial charge < -0.3 is 20.7 Å². The highest BCUT2D eigenvalue weighted by molar-refractivity contribution is 8.00. The summed E-state index contributed by atoms with van der Waals surface area (Å²) in [6.45, 7) is 0.296. The Morgan fingerprint density at radius 1 is 1.42 bits per heavy atom. The molecule has 12 nitrogen and oxygen atoms in total. The van der Waals surface area contributed by atoms with Gasteiger partial charge in [-0.1, -0.05) is 29.2 Å². The third kappa shape index (κ3) is 8.42. The van der Waals surface area contributed by atoms with Crippen LogP contribution in [0, 0.1) is 10.1 Å². The minimum absolute atomic E-state index is 0.00173. The molecule has 0 aromatic heterocycles. The molecule has 180 valence electrons. The van der Waals surface area contributed by atoms with Gasteiger partial charge in [0.25, 0.3) is 5.96 Å². The number of hydrogen-bond acceptors (Lipinski definition) is 8. The van der Waals surface area contributed by atoms with Crippen LogP contribution in [-0.2, 0) is 19.1 Å². The van der Waals surface area contributed by atoms with Crippen molar-refractivity contribution in [3.63, 3.8) is 0 Å². The molecule has 0 radical (unpaired) electrons. The van der Waals surface area contributed by atoms with Crippen molar-refractivity contribution < 1.29 is 24.2 Å². The van der Waals surface area contributed by atoms with Gasteiger partial charge in [0.2, 0.25) is 11.8 Å². The van der Waals surface area contributed by atoms with E-state index in [9.17, 15) is 24.5 Å². The molecule has 0 spiro atoms. The van der Waals surface area contributed by atoms with E-state index >= 15 is 0 Å². The van der Waals surface area contributed by atoms with Gasteiger partial charge in [0.05, 0.1) is 12.9 Å². The second-order valence-corrected chi connectivity index (χ2v) is 8.48. The van der Waals surface area contributed by atoms with Gasteiger partial charge in [0, 0.05) is 24.5 Å². The summed E-state index contributed by atoms with van der Waals surface area (Å²) in [5, 5.41) is 12.4. The molecule has 1 heterocycles. The van der Waals surface area contributed by atoms with Crippen LogP contribution in [0.1, 0.15) is 30.2 Å². The van der Waals surface area contributed by atoms with Crippen LogP contribution in [0.4, 0.5) is 0 Å². The average molecular weight is 501 g/mol. The number of aliphatic imine (C=N–C) groups is 1. The number of nitrogens with one attached hydrogen (secondary N) is 2. The first-order valence-corrected chi connectivity index (χ1v) is 11.4. The number of nitrogens with zero attached hydrogens (tertiary/aromatic N) is 3. The Morgan fingerprint density at radius 3 is 2.76 bits per heavy atom. The van der Waals surface area contributed by atoms with Crippen LogP contribution < -0.4 is 16.5 Å². The predicted molar refractivity (Wildman–Crippen MR) is 123 cm³/mol. The molecule has 1 unspecified atom stereocenters. The summed E-state index contributed by atoms with van der Waals surface area (Å²) in [5.41, 5.74) is 7.95. The fraction of sp³-hybridized carbons (Fsp3) is 0.474. The van der Waals surface area contributed by atoms with Gasteiger partial charge >= 0.3 is 5.97 Å². The lowest BCUT2D eigenvalue weighted by Crippen LogP contribution is -2.43. The smallest absolute Gasteiger partial charge is 0.328 e. The van der Waals surface area contributed by atoms with E-state index in [2.05, 4.69) is 10.3 Å². The second-order valence-electron chi connectivity index (χ2n) is 6.97. The van der Waals surface area contributed by atoms with Crippen molar-refractivity contribution in [1.82, 2.24) is 15.6 Å². The summed E-state index contributed by atoms with van der Waals surface area (Å²) >= 11 is 7.40. The molecule has 0 bridgehead atoms. The van der Waals surface area contributed by atoms with E-state index in [1.54, 1.807) is 22.5 Å². The van der Waals surface area contributed by atoms with Gasteiger partial charge in [0.1, 0.15) is 11.4 Å². The summed E-state index contributed by atoms with van der Waals surface area (Å²) in [7, 11) is 1.20. The van der Waals surface area contributed by atoms with E-state index in [1.165, 1.54) is 18.9 Å². The van der Waals surface area contributed by atoms with Crippen molar-refractivity contribution >= 4 is 47.1 Å². The number of hydrazine groups is 1. The predicted octanol–water partition coefficient (Wildman–Crippen LogP) is 0.838. The number of benzene rings is 1. The number of hydrogen-bond donors (Lipinski definition) is 3. The molecule has 1 aromatic rings. The molecule has 2 atom stereocenters. The number of carbonyl (C=O) groups excluding carboxylic acids is 3. The zero-order valence-corrected chi connectivity index (χ0v) is 19.4. The molecule has 33 heavy (non-hydrogen) atoms.